The van der Waals surface area contributed by atoms with Crippen LogP contribution in [0.25, 0.3) is 0 Å². The number of benzene rings is 1. The summed E-state index contributed by atoms with van der Waals surface area (Å²) in [4.78, 5) is 0. The van der Waals surface area contributed by atoms with Gasteiger partial charge in [0, 0.05) is 13.2 Å². The molecule has 0 N–H and O–H groups in total. The Morgan fingerprint density at radius 1 is 1.12 bits per heavy atom. The largest absolute Gasteiger partial charge is 0.493 e. The second kappa shape index (κ2) is 6.23. The minimum absolute atomic E-state index is 0.0894. The van der Waals surface area contributed by atoms with Crippen LogP contribution in [0.5, 0.6) is 17.2 Å². The maximum atomic E-state index is 5.61. The second-order valence-electron chi connectivity index (χ2n) is 3.53. The average Bonchev–Trinajstić information content (AvgIpc) is 2.26. The third kappa shape index (κ3) is 3.62. The third-order valence-electron chi connectivity index (χ3n) is 1.84. The zero-order valence-corrected chi connectivity index (χ0v) is 10.1. The van der Waals surface area contributed by atoms with E-state index in [1.54, 1.807) is 20.3 Å². The molecule has 0 aromatic heterocycles. The van der Waals surface area contributed by atoms with Crippen LogP contribution in [0.15, 0.2) is 18.2 Å². The van der Waals surface area contributed by atoms with Crippen LogP contribution < -0.4 is 14.2 Å². The van der Waals surface area contributed by atoms with Gasteiger partial charge in [-0.25, -0.2) is 0 Å². The van der Waals surface area contributed by atoms with Crippen LogP contribution >= 0.6 is 0 Å². The summed E-state index contributed by atoms with van der Waals surface area (Å²) in [6, 6.07) is 5.41. The summed E-state index contributed by atoms with van der Waals surface area (Å²) >= 11 is 0. The van der Waals surface area contributed by atoms with Gasteiger partial charge in [0.2, 0.25) is 0 Å². The van der Waals surface area contributed by atoms with Crippen molar-refractivity contribution in [1.29, 1.82) is 0 Å². The van der Waals surface area contributed by atoms with Crippen molar-refractivity contribution in [3.8, 4) is 17.2 Å². The van der Waals surface area contributed by atoms with Crippen molar-refractivity contribution >= 4 is 0 Å². The number of hydrogen-bond acceptors (Lipinski definition) is 4. The van der Waals surface area contributed by atoms with Crippen LogP contribution in [0, 0.1) is 0 Å². The van der Waals surface area contributed by atoms with Crippen molar-refractivity contribution in [3.63, 3.8) is 0 Å². The maximum absolute atomic E-state index is 5.61. The van der Waals surface area contributed by atoms with Crippen molar-refractivity contribution in [2.45, 2.75) is 20.0 Å². The molecule has 1 aromatic rings. The van der Waals surface area contributed by atoms with Crippen molar-refractivity contribution in [2.24, 2.45) is 0 Å². The number of ether oxygens (including phenoxy) is 4. The molecular weight excluding hydrogens is 208 g/mol. The molecule has 4 nitrogen and oxygen atoms in total. The van der Waals surface area contributed by atoms with Crippen LogP contribution in [0.3, 0.4) is 0 Å². The van der Waals surface area contributed by atoms with Gasteiger partial charge in [-0.05, 0) is 26.0 Å². The predicted octanol–water partition coefficient (Wildman–Crippen LogP) is 2.47. The summed E-state index contributed by atoms with van der Waals surface area (Å²) in [7, 11) is 3.19. The fourth-order valence-electron chi connectivity index (χ4n) is 1.22. The second-order valence-corrected chi connectivity index (χ2v) is 3.53. The van der Waals surface area contributed by atoms with Gasteiger partial charge in [0.05, 0.1) is 13.2 Å². The van der Waals surface area contributed by atoms with Crippen LogP contribution in [-0.2, 0) is 4.74 Å². The van der Waals surface area contributed by atoms with Gasteiger partial charge in [-0.15, -0.1) is 0 Å². The fraction of sp³-hybridized carbons (Fsp3) is 0.500. The van der Waals surface area contributed by atoms with Gasteiger partial charge in [-0.3, -0.25) is 0 Å². The molecule has 0 saturated heterocycles. The van der Waals surface area contributed by atoms with Crippen LogP contribution in [0.2, 0.25) is 0 Å². The number of methoxy groups -OCH3 is 2. The fourth-order valence-corrected chi connectivity index (χ4v) is 1.22. The first-order valence-electron chi connectivity index (χ1n) is 5.13. The van der Waals surface area contributed by atoms with Crippen LogP contribution in [0.4, 0.5) is 0 Å². The quantitative estimate of drug-likeness (QED) is 0.698. The van der Waals surface area contributed by atoms with E-state index in [9.17, 15) is 0 Å². The summed E-state index contributed by atoms with van der Waals surface area (Å²) in [6.45, 7) is 4.14. The highest BCUT2D eigenvalue weighted by molar-refractivity contribution is 5.45. The molecule has 0 bridgehead atoms. The molecule has 0 radical (unpaired) electrons. The molecule has 4 heteroatoms. The molecule has 1 rings (SSSR count). The van der Waals surface area contributed by atoms with Crippen LogP contribution in [-0.4, -0.2) is 27.1 Å². The van der Waals surface area contributed by atoms with Gasteiger partial charge in [0.25, 0.3) is 0 Å². The highest BCUT2D eigenvalue weighted by Gasteiger charge is 2.08. The lowest BCUT2D eigenvalue weighted by Crippen LogP contribution is -2.07. The lowest BCUT2D eigenvalue weighted by molar-refractivity contribution is 0.0508. The summed E-state index contributed by atoms with van der Waals surface area (Å²) < 4.78 is 21.0. The smallest absolute Gasteiger partial charge is 0.188 e. The minimum Gasteiger partial charge on any atom is -0.493 e. The van der Waals surface area contributed by atoms with Crippen molar-refractivity contribution in [2.75, 3.05) is 21.0 Å². The SMILES string of the molecule is COCOc1ccc(OC)c(OC(C)C)c1. The van der Waals surface area contributed by atoms with Gasteiger partial charge in [-0.2, -0.15) is 0 Å². The van der Waals surface area contributed by atoms with E-state index < -0.39 is 0 Å². The predicted molar refractivity (Wildman–Crippen MR) is 61.3 cm³/mol. The first-order chi connectivity index (χ1) is 7.67. The van der Waals surface area contributed by atoms with E-state index >= 15 is 0 Å². The van der Waals surface area contributed by atoms with E-state index in [-0.39, 0.29) is 12.9 Å². The van der Waals surface area contributed by atoms with Crippen LogP contribution in [0.1, 0.15) is 13.8 Å². The molecular formula is C12H18O4. The van der Waals surface area contributed by atoms with Crippen molar-refractivity contribution in [1.82, 2.24) is 0 Å². The molecule has 1 aromatic carbocycles. The molecule has 0 spiro atoms. The zero-order chi connectivity index (χ0) is 12.0. The molecule has 0 unspecified atom stereocenters. The molecule has 0 fully saturated rings. The van der Waals surface area contributed by atoms with Gasteiger partial charge >= 0.3 is 0 Å². The Morgan fingerprint density at radius 3 is 2.44 bits per heavy atom. The minimum atomic E-state index is 0.0894. The summed E-state index contributed by atoms with van der Waals surface area (Å²) in [5.74, 6) is 2.06. The summed E-state index contributed by atoms with van der Waals surface area (Å²) in [5.41, 5.74) is 0. The summed E-state index contributed by atoms with van der Waals surface area (Å²) in [5, 5.41) is 0. The molecule has 0 atom stereocenters. The van der Waals surface area contributed by atoms with E-state index in [0.29, 0.717) is 17.2 Å². The standard InChI is InChI=1S/C12H18O4/c1-9(2)16-12-7-10(15-8-13-3)5-6-11(12)14-4/h5-7,9H,8H2,1-4H3. The van der Waals surface area contributed by atoms with E-state index in [1.165, 1.54) is 0 Å². The molecule has 90 valence electrons. The highest BCUT2D eigenvalue weighted by Crippen LogP contribution is 2.31. The first-order valence-corrected chi connectivity index (χ1v) is 5.13. The Labute approximate surface area is 96.1 Å². The van der Waals surface area contributed by atoms with Crippen molar-refractivity contribution < 1.29 is 18.9 Å². The Balaban J connectivity index is 2.83. The van der Waals surface area contributed by atoms with Gasteiger partial charge < -0.3 is 18.9 Å². The normalized spacial score (nSPS) is 10.3. The average molecular weight is 226 g/mol. The molecule has 0 heterocycles. The first kappa shape index (κ1) is 12.6. The van der Waals surface area contributed by atoms with Gasteiger partial charge in [0.15, 0.2) is 18.3 Å². The van der Waals surface area contributed by atoms with Crippen molar-refractivity contribution in [3.05, 3.63) is 18.2 Å². The lowest BCUT2D eigenvalue weighted by atomic mass is 10.3. The topological polar surface area (TPSA) is 36.9 Å². The van der Waals surface area contributed by atoms with E-state index in [4.69, 9.17) is 18.9 Å². The Morgan fingerprint density at radius 2 is 1.88 bits per heavy atom. The molecule has 0 aliphatic rings. The van der Waals surface area contributed by atoms with Gasteiger partial charge in [0.1, 0.15) is 5.75 Å². The van der Waals surface area contributed by atoms with E-state index in [0.717, 1.165) is 0 Å². The zero-order valence-electron chi connectivity index (χ0n) is 10.1. The Hall–Kier alpha value is -1.42. The third-order valence-corrected chi connectivity index (χ3v) is 1.84. The number of hydrogen-bond donors (Lipinski definition) is 0. The summed E-state index contributed by atoms with van der Waals surface area (Å²) in [6.07, 6.45) is 0.0894. The Bertz CT molecular complexity index is 323. The molecule has 0 saturated carbocycles. The molecule has 0 amide bonds. The monoisotopic (exact) mass is 226 g/mol. The van der Waals surface area contributed by atoms with Gasteiger partial charge in [-0.1, -0.05) is 0 Å². The highest BCUT2D eigenvalue weighted by atomic mass is 16.7. The lowest BCUT2D eigenvalue weighted by Gasteiger charge is -2.14. The molecule has 0 aliphatic heterocycles. The van der Waals surface area contributed by atoms with E-state index in [2.05, 4.69) is 0 Å². The Kier molecular flexibility index (Phi) is 4.92. The molecule has 0 aliphatic carbocycles. The van der Waals surface area contributed by atoms with E-state index in [1.807, 2.05) is 26.0 Å². The maximum Gasteiger partial charge on any atom is 0.188 e. The molecule has 16 heavy (non-hydrogen) atoms. The number of rotatable bonds is 6.